The SMILES string of the molecule is CCCN(CCC)CCCOc1nn(Cc2ccccc2)c2ccc(C)cc12. The van der Waals surface area contributed by atoms with Gasteiger partial charge in [0.15, 0.2) is 0 Å². The average Bonchev–Trinajstić information content (AvgIpc) is 3.03. The van der Waals surface area contributed by atoms with E-state index in [4.69, 9.17) is 9.84 Å². The van der Waals surface area contributed by atoms with Gasteiger partial charge in [0.05, 0.1) is 24.1 Å². The normalized spacial score (nSPS) is 11.4. The summed E-state index contributed by atoms with van der Waals surface area (Å²) >= 11 is 0. The van der Waals surface area contributed by atoms with E-state index in [0.717, 1.165) is 36.3 Å². The molecule has 0 radical (unpaired) electrons. The predicted molar refractivity (Wildman–Crippen MR) is 117 cm³/mol. The minimum atomic E-state index is 0.704. The second-order valence-corrected chi connectivity index (χ2v) is 7.51. The lowest BCUT2D eigenvalue weighted by Gasteiger charge is -2.20. The lowest BCUT2D eigenvalue weighted by atomic mass is 10.1. The van der Waals surface area contributed by atoms with Crippen LogP contribution in [0.4, 0.5) is 0 Å². The second kappa shape index (κ2) is 10.3. The first-order chi connectivity index (χ1) is 13.7. The Morgan fingerprint density at radius 1 is 0.964 bits per heavy atom. The van der Waals surface area contributed by atoms with E-state index in [-0.39, 0.29) is 0 Å². The molecule has 3 rings (SSSR count). The lowest BCUT2D eigenvalue weighted by Crippen LogP contribution is -2.27. The molecule has 2 aromatic carbocycles. The van der Waals surface area contributed by atoms with Gasteiger partial charge in [-0.2, -0.15) is 0 Å². The number of ether oxygens (including phenoxy) is 1. The molecule has 4 heteroatoms. The molecular formula is C24H33N3O. The Morgan fingerprint density at radius 2 is 1.71 bits per heavy atom. The molecule has 150 valence electrons. The van der Waals surface area contributed by atoms with Crippen molar-refractivity contribution in [3.05, 3.63) is 59.7 Å². The summed E-state index contributed by atoms with van der Waals surface area (Å²) in [4.78, 5) is 2.53. The highest BCUT2D eigenvalue weighted by Crippen LogP contribution is 2.27. The molecule has 0 unspecified atom stereocenters. The number of nitrogens with zero attached hydrogens (tertiary/aromatic N) is 3. The third-order valence-corrected chi connectivity index (χ3v) is 4.98. The van der Waals surface area contributed by atoms with Gasteiger partial charge in [-0.1, -0.05) is 55.8 Å². The highest BCUT2D eigenvalue weighted by molar-refractivity contribution is 5.85. The summed E-state index contributed by atoms with van der Waals surface area (Å²) in [7, 11) is 0. The van der Waals surface area contributed by atoms with Crippen molar-refractivity contribution in [2.45, 2.75) is 46.6 Å². The molecule has 4 nitrogen and oxygen atoms in total. The van der Waals surface area contributed by atoms with Crippen LogP contribution < -0.4 is 4.74 Å². The molecule has 0 aliphatic heterocycles. The second-order valence-electron chi connectivity index (χ2n) is 7.51. The molecule has 0 saturated heterocycles. The Hall–Kier alpha value is -2.33. The number of benzene rings is 2. The van der Waals surface area contributed by atoms with E-state index in [1.807, 2.05) is 6.07 Å². The van der Waals surface area contributed by atoms with Gasteiger partial charge in [-0.05, 0) is 57.0 Å². The van der Waals surface area contributed by atoms with E-state index in [1.165, 1.54) is 37.1 Å². The van der Waals surface area contributed by atoms with Gasteiger partial charge in [-0.3, -0.25) is 4.68 Å². The summed E-state index contributed by atoms with van der Waals surface area (Å²) in [6.45, 7) is 11.5. The topological polar surface area (TPSA) is 30.3 Å². The largest absolute Gasteiger partial charge is 0.476 e. The van der Waals surface area contributed by atoms with Crippen molar-refractivity contribution in [3.63, 3.8) is 0 Å². The maximum atomic E-state index is 6.14. The molecule has 0 fully saturated rings. The summed E-state index contributed by atoms with van der Waals surface area (Å²) in [6, 6.07) is 16.9. The average molecular weight is 380 g/mol. The molecule has 3 aromatic rings. The zero-order valence-electron chi connectivity index (χ0n) is 17.5. The quantitative estimate of drug-likeness (QED) is 0.424. The van der Waals surface area contributed by atoms with Crippen LogP contribution in [0.3, 0.4) is 0 Å². The van der Waals surface area contributed by atoms with Gasteiger partial charge in [-0.25, -0.2) is 0 Å². The molecule has 0 aliphatic rings. The van der Waals surface area contributed by atoms with Gasteiger partial charge in [-0.15, -0.1) is 5.10 Å². The van der Waals surface area contributed by atoms with E-state index in [2.05, 4.69) is 72.8 Å². The maximum Gasteiger partial charge on any atom is 0.240 e. The van der Waals surface area contributed by atoms with Crippen molar-refractivity contribution >= 4 is 10.9 Å². The number of hydrogen-bond acceptors (Lipinski definition) is 3. The van der Waals surface area contributed by atoms with Crippen molar-refractivity contribution < 1.29 is 4.74 Å². The Kier molecular flexibility index (Phi) is 7.49. The third-order valence-electron chi connectivity index (χ3n) is 4.98. The smallest absolute Gasteiger partial charge is 0.240 e. The number of aromatic nitrogens is 2. The fraction of sp³-hybridized carbons (Fsp3) is 0.458. The number of rotatable bonds is 11. The molecule has 0 spiro atoms. The number of aryl methyl sites for hydroxylation is 1. The summed E-state index contributed by atoms with van der Waals surface area (Å²) in [6.07, 6.45) is 3.43. The van der Waals surface area contributed by atoms with Crippen molar-refractivity contribution in [3.8, 4) is 5.88 Å². The van der Waals surface area contributed by atoms with E-state index < -0.39 is 0 Å². The molecule has 1 aromatic heterocycles. The molecule has 0 amide bonds. The van der Waals surface area contributed by atoms with Gasteiger partial charge in [0.2, 0.25) is 5.88 Å². The van der Waals surface area contributed by atoms with Crippen LogP contribution in [0.2, 0.25) is 0 Å². The zero-order valence-corrected chi connectivity index (χ0v) is 17.5. The van der Waals surface area contributed by atoms with Crippen LogP contribution in [0.15, 0.2) is 48.5 Å². The van der Waals surface area contributed by atoms with Gasteiger partial charge in [0, 0.05) is 6.54 Å². The van der Waals surface area contributed by atoms with Crippen LogP contribution in [0.5, 0.6) is 5.88 Å². The first kappa shape index (κ1) is 20.4. The summed E-state index contributed by atoms with van der Waals surface area (Å²) < 4.78 is 8.20. The molecule has 0 aliphatic carbocycles. The van der Waals surface area contributed by atoms with Crippen LogP contribution in [-0.4, -0.2) is 40.9 Å². The number of hydrogen-bond donors (Lipinski definition) is 0. The highest BCUT2D eigenvalue weighted by Gasteiger charge is 2.13. The van der Waals surface area contributed by atoms with E-state index in [1.54, 1.807) is 0 Å². The molecule has 0 N–H and O–H groups in total. The lowest BCUT2D eigenvalue weighted by molar-refractivity contribution is 0.231. The number of fused-ring (bicyclic) bond motifs is 1. The van der Waals surface area contributed by atoms with Gasteiger partial charge in [0.25, 0.3) is 0 Å². The summed E-state index contributed by atoms with van der Waals surface area (Å²) in [5, 5.41) is 5.90. The fourth-order valence-electron chi connectivity index (χ4n) is 3.67. The Balaban J connectivity index is 1.69. The van der Waals surface area contributed by atoms with Crippen LogP contribution in [0.25, 0.3) is 10.9 Å². The molecule has 1 heterocycles. The fourth-order valence-corrected chi connectivity index (χ4v) is 3.67. The van der Waals surface area contributed by atoms with Crippen LogP contribution >= 0.6 is 0 Å². The van der Waals surface area contributed by atoms with E-state index >= 15 is 0 Å². The van der Waals surface area contributed by atoms with Crippen LogP contribution in [0, 0.1) is 6.92 Å². The van der Waals surface area contributed by atoms with E-state index in [9.17, 15) is 0 Å². The Labute approximate surface area is 169 Å². The van der Waals surface area contributed by atoms with Crippen molar-refractivity contribution in [2.24, 2.45) is 0 Å². The van der Waals surface area contributed by atoms with E-state index in [0.29, 0.717) is 6.61 Å². The van der Waals surface area contributed by atoms with Crippen molar-refractivity contribution in [1.82, 2.24) is 14.7 Å². The minimum absolute atomic E-state index is 0.704. The Morgan fingerprint density at radius 3 is 2.43 bits per heavy atom. The van der Waals surface area contributed by atoms with Crippen LogP contribution in [0.1, 0.15) is 44.2 Å². The zero-order chi connectivity index (χ0) is 19.8. The summed E-state index contributed by atoms with van der Waals surface area (Å²) in [5.74, 6) is 0.757. The predicted octanol–water partition coefficient (Wildman–Crippen LogP) is 5.28. The molecule has 28 heavy (non-hydrogen) atoms. The molecular weight excluding hydrogens is 346 g/mol. The van der Waals surface area contributed by atoms with Crippen LogP contribution in [-0.2, 0) is 6.54 Å². The minimum Gasteiger partial charge on any atom is -0.476 e. The van der Waals surface area contributed by atoms with Gasteiger partial charge < -0.3 is 9.64 Å². The standard InChI is InChI=1S/C24H33N3O/c1-4-14-26(15-5-2)16-9-17-28-24-22-18-20(3)12-13-23(22)27(25-24)19-21-10-7-6-8-11-21/h6-8,10-13,18H,4-5,9,14-17,19H2,1-3H3. The monoisotopic (exact) mass is 379 g/mol. The van der Waals surface area contributed by atoms with Gasteiger partial charge >= 0.3 is 0 Å². The molecule has 0 atom stereocenters. The molecule has 0 saturated carbocycles. The Bertz CT molecular complexity index is 851. The van der Waals surface area contributed by atoms with Crippen molar-refractivity contribution in [2.75, 3.05) is 26.2 Å². The first-order valence-electron chi connectivity index (χ1n) is 10.6. The highest BCUT2D eigenvalue weighted by atomic mass is 16.5. The van der Waals surface area contributed by atoms with Crippen molar-refractivity contribution in [1.29, 1.82) is 0 Å². The first-order valence-corrected chi connectivity index (χ1v) is 10.6. The van der Waals surface area contributed by atoms with Gasteiger partial charge in [0.1, 0.15) is 0 Å². The summed E-state index contributed by atoms with van der Waals surface area (Å²) in [5.41, 5.74) is 3.60. The third kappa shape index (κ3) is 5.35. The molecule has 0 bridgehead atoms. The maximum absolute atomic E-state index is 6.14.